The summed E-state index contributed by atoms with van der Waals surface area (Å²) in [5.74, 6) is 1.10. The molecule has 0 saturated carbocycles. The monoisotopic (exact) mass is 325 g/mol. The number of nitrogen functional groups attached to an aromatic ring is 1. The fourth-order valence-corrected chi connectivity index (χ4v) is 3.55. The van der Waals surface area contributed by atoms with Gasteiger partial charge < -0.3 is 15.2 Å². The first kappa shape index (κ1) is 15.6. The molecule has 1 aromatic heterocycles. The molecule has 2 aromatic rings. The number of carbonyl (C=O) groups is 1. The number of Topliss-reactive ketones (excluding diaryl/α,β-unsaturated/α-hetero) is 1. The van der Waals surface area contributed by atoms with E-state index in [1.807, 2.05) is 6.92 Å². The van der Waals surface area contributed by atoms with Crippen molar-refractivity contribution in [1.82, 2.24) is 10.2 Å². The number of anilines is 1. The number of ketones is 1. The fraction of sp³-hybridized carbons (Fsp3) is 0.308. The van der Waals surface area contributed by atoms with Gasteiger partial charge in [-0.15, -0.1) is 10.2 Å². The zero-order valence-corrected chi connectivity index (χ0v) is 13.5. The molecule has 0 saturated heterocycles. The summed E-state index contributed by atoms with van der Waals surface area (Å²) in [6.07, 6.45) is 0. The van der Waals surface area contributed by atoms with Gasteiger partial charge in [-0.1, -0.05) is 23.1 Å². The molecule has 1 atom stereocenters. The van der Waals surface area contributed by atoms with Crippen LogP contribution in [0.3, 0.4) is 0 Å². The van der Waals surface area contributed by atoms with E-state index in [-0.39, 0.29) is 11.0 Å². The van der Waals surface area contributed by atoms with Gasteiger partial charge in [0.15, 0.2) is 21.6 Å². The van der Waals surface area contributed by atoms with Crippen LogP contribution in [-0.2, 0) is 0 Å². The molecule has 0 aliphatic heterocycles. The lowest BCUT2D eigenvalue weighted by Crippen LogP contribution is -2.13. The van der Waals surface area contributed by atoms with Crippen molar-refractivity contribution in [3.8, 4) is 11.5 Å². The number of methoxy groups -OCH3 is 2. The van der Waals surface area contributed by atoms with Gasteiger partial charge in [-0.3, -0.25) is 4.79 Å². The van der Waals surface area contributed by atoms with E-state index < -0.39 is 0 Å². The maximum atomic E-state index is 12.4. The molecule has 0 spiro atoms. The van der Waals surface area contributed by atoms with Crippen molar-refractivity contribution in [2.45, 2.75) is 16.5 Å². The zero-order chi connectivity index (χ0) is 15.4. The van der Waals surface area contributed by atoms with E-state index in [0.29, 0.717) is 26.5 Å². The molecule has 0 bridgehead atoms. The standard InChI is InChI=1S/C13H15N3O3S2/c1-7(20-13-16-15-12(14)21-13)11(17)8-4-5-9(18-2)10(6-8)19-3/h4-7H,1-3H3,(H2,14,15)/t7-/m1/s1. The van der Waals surface area contributed by atoms with Crippen LogP contribution in [0.5, 0.6) is 11.5 Å². The molecule has 0 aliphatic carbocycles. The van der Waals surface area contributed by atoms with Crippen LogP contribution < -0.4 is 15.2 Å². The predicted octanol–water partition coefficient (Wildman–Crippen LogP) is 2.50. The summed E-state index contributed by atoms with van der Waals surface area (Å²) < 4.78 is 11.0. The van der Waals surface area contributed by atoms with Crippen molar-refractivity contribution in [3.63, 3.8) is 0 Å². The minimum Gasteiger partial charge on any atom is -0.493 e. The Morgan fingerprint density at radius 1 is 1.29 bits per heavy atom. The van der Waals surface area contributed by atoms with Crippen LogP contribution in [0.25, 0.3) is 0 Å². The maximum Gasteiger partial charge on any atom is 0.203 e. The minimum absolute atomic E-state index is 0.0188. The first-order chi connectivity index (χ1) is 10.0. The van der Waals surface area contributed by atoms with E-state index in [0.717, 1.165) is 0 Å². The molecule has 0 amide bonds. The maximum absolute atomic E-state index is 12.4. The second kappa shape index (κ2) is 6.77. The molecule has 21 heavy (non-hydrogen) atoms. The van der Waals surface area contributed by atoms with E-state index in [1.165, 1.54) is 30.2 Å². The number of nitrogens with zero attached hydrogens (tertiary/aromatic N) is 2. The number of ether oxygens (including phenoxy) is 2. The second-order valence-corrected chi connectivity index (χ2v) is 6.70. The van der Waals surface area contributed by atoms with Crippen molar-refractivity contribution in [3.05, 3.63) is 23.8 Å². The Morgan fingerprint density at radius 2 is 2.00 bits per heavy atom. The Bertz CT molecular complexity index is 645. The molecule has 8 heteroatoms. The first-order valence-corrected chi connectivity index (χ1v) is 7.76. The van der Waals surface area contributed by atoms with Gasteiger partial charge in [0, 0.05) is 5.56 Å². The van der Waals surface area contributed by atoms with Gasteiger partial charge in [0.2, 0.25) is 5.13 Å². The lowest BCUT2D eigenvalue weighted by molar-refractivity contribution is 0.0993. The molecule has 6 nitrogen and oxygen atoms in total. The van der Waals surface area contributed by atoms with Gasteiger partial charge in [0.25, 0.3) is 0 Å². The molecule has 2 rings (SSSR count). The molecule has 1 aromatic carbocycles. The van der Waals surface area contributed by atoms with Gasteiger partial charge in [0.05, 0.1) is 19.5 Å². The molecular formula is C13H15N3O3S2. The van der Waals surface area contributed by atoms with E-state index in [4.69, 9.17) is 15.2 Å². The number of benzene rings is 1. The van der Waals surface area contributed by atoms with Gasteiger partial charge in [-0.05, 0) is 25.1 Å². The number of aromatic nitrogens is 2. The van der Waals surface area contributed by atoms with Crippen molar-refractivity contribution >= 4 is 34.0 Å². The normalized spacial score (nSPS) is 12.0. The van der Waals surface area contributed by atoms with Crippen molar-refractivity contribution in [2.24, 2.45) is 0 Å². The highest BCUT2D eigenvalue weighted by Crippen LogP contribution is 2.32. The highest BCUT2D eigenvalue weighted by Gasteiger charge is 2.20. The first-order valence-electron chi connectivity index (χ1n) is 6.07. The van der Waals surface area contributed by atoms with Crippen LogP contribution in [0.1, 0.15) is 17.3 Å². The van der Waals surface area contributed by atoms with Gasteiger partial charge in [0.1, 0.15) is 0 Å². The third-order valence-corrected chi connectivity index (χ3v) is 4.67. The van der Waals surface area contributed by atoms with Gasteiger partial charge in [-0.2, -0.15) is 0 Å². The molecule has 0 aliphatic rings. The number of nitrogens with two attached hydrogens (primary N) is 1. The quantitative estimate of drug-likeness (QED) is 0.645. The largest absolute Gasteiger partial charge is 0.493 e. The number of rotatable bonds is 6. The second-order valence-electron chi connectivity index (χ2n) is 4.10. The Kier molecular flexibility index (Phi) is 5.03. The average Bonchev–Trinajstić information content (AvgIpc) is 2.90. The number of hydrogen-bond donors (Lipinski definition) is 1. The van der Waals surface area contributed by atoms with Crippen LogP contribution in [0.2, 0.25) is 0 Å². The number of hydrogen-bond acceptors (Lipinski definition) is 8. The van der Waals surface area contributed by atoms with Crippen LogP contribution in [-0.4, -0.2) is 35.5 Å². The summed E-state index contributed by atoms with van der Waals surface area (Å²) in [7, 11) is 3.09. The summed E-state index contributed by atoms with van der Waals surface area (Å²) in [6.45, 7) is 1.82. The smallest absolute Gasteiger partial charge is 0.203 e. The fourth-order valence-electron chi connectivity index (χ4n) is 1.70. The van der Waals surface area contributed by atoms with Crippen LogP contribution >= 0.6 is 23.1 Å². The summed E-state index contributed by atoms with van der Waals surface area (Å²) >= 11 is 2.60. The highest BCUT2D eigenvalue weighted by atomic mass is 32.2. The summed E-state index contributed by atoms with van der Waals surface area (Å²) in [4.78, 5) is 12.4. The van der Waals surface area contributed by atoms with Gasteiger partial charge >= 0.3 is 0 Å². The van der Waals surface area contributed by atoms with Crippen molar-refractivity contribution < 1.29 is 14.3 Å². The molecule has 112 valence electrons. The summed E-state index contributed by atoms with van der Waals surface area (Å²) in [6, 6.07) is 5.11. The molecule has 0 radical (unpaired) electrons. The van der Waals surface area contributed by atoms with E-state index in [1.54, 1.807) is 25.3 Å². The molecule has 0 fully saturated rings. The van der Waals surface area contributed by atoms with E-state index in [9.17, 15) is 4.79 Å². The minimum atomic E-state index is -0.296. The lowest BCUT2D eigenvalue weighted by Gasteiger charge is -2.11. The number of thioether (sulfide) groups is 1. The Labute approximate surface area is 130 Å². The van der Waals surface area contributed by atoms with Crippen molar-refractivity contribution in [2.75, 3.05) is 20.0 Å². The molecular weight excluding hydrogens is 310 g/mol. The predicted molar refractivity (Wildman–Crippen MR) is 83.5 cm³/mol. The molecule has 1 heterocycles. The highest BCUT2D eigenvalue weighted by molar-refractivity contribution is 8.02. The van der Waals surface area contributed by atoms with Crippen LogP contribution in [0.15, 0.2) is 22.5 Å². The van der Waals surface area contributed by atoms with Crippen LogP contribution in [0.4, 0.5) is 5.13 Å². The lowest BCUT2D eigenvalue weighted by atomic mass is 10.1. The Hall–Kier alpha value is -1.80. The third kappa shape index (κ3) is 3.64. The molecule has 0 unspecified atom stereocenters. The van der Waals surface area contributed by atoms with Gasteiger partial charge in [-0.25, -0.2) is 0 Å². The van der Waals surface area contributed by atoms with E-state index >= 15 is 0 Å². The topological polar surface area (TPSA) is 87.3 Å². The Morgan fingerprint density at radius 3 is 2.57 bits per heavy atom. The SMILES string of the molecule is COc1ccc(C(=O)[C@@H](C)Sc2nnc(N)s2)cc1OC. The third-order valence-electron chi connectivity index (χ3n) is 2.74. The van der Waals surface area contributed by atoms with E-state index in [2.05, 4.69) is 10.2 Å². The van der Waals surface area contributed by atoms with Crippen molar-refractivity contribution in [1.29, 1.82) is 0 Å². The van der Waals surface area contributed by atoms with Crippen LogP contribution in [0, 0.1) is 0 Å². The molecule has 2 N–H and O–H groups in total. The zero-order valence-electron chi connectivity index (χ0n) is 11.8. The average molecular weight is 325 g/mol. The summed E-state index contributed by atoms with van der Waals surface area (Å²) in [5, 5.41) is 7.73. The Balaban J connectivity index is 2.15. The number of carbonyl (C=O) groups excluding carboxylic acids is 1. The summed E-state index contributed by atoms with van der Waals surface area (Å²) in [5.41, 5.74) is 6.09.